The fourth-order valence-corrected chi connectivity index (χ4v) is 7.57. The summed E-state index contributed by atoms with van der Waals surface area (Å²) < 4.78 is 34.9. The predicted octanol–water partition coefficient (Wildman–Crippen LogP) is 6.26. The Morgan fingerprint density at radius 1 is 0.958 bits per heavy atom. The van der Waals surface area contributed by atoms with E-state index in [-0.39, 0.29) is 16.4 Å². The van der Waals surface area contributed by atoms with Gasteiger partial charge in [-0.05, 0) is 60.5 Å². The smallest absolute Gasteiger partial charge is 0.269 e. The van der Waals surface area contributed by atoms with E-state index in [1.165, 1.54) is 10.2 Å². The molecule has 12 heteroatoms. The van der Waals surface area contributed by atoms with Gasteiger partial charge in [0.05, 0.1) is 46.8 Å². The number of hydrogen-bond donors (Lipinski definition) is 2. The highest BCUT2D eigenvalue weighted by Gasteiger charge is 2.25. The van der Waals surface area contributed by atoms with Crippen molar-refractivity contribution >= 4 is 60.8 Å². The highest BCUT2D eigenvalue weighted by atomic mass is 35.5. The number of hydrogen-bond acceptors (Lipinski definition) is 8. The third-order valence-corrected chi connectivity index (χ3v) is 10.4. The largest absolute Gasteiger partial charge is 0.378 e. The molecule has 1 amide bonds. The minimum absolute atomic E-state index is 0.140. The number of nitrogens with zero attached hydrogens (tertiary/aromatic N) is 4. The number of aromatic nitrogens is 3. The molecule has 1 saturated heterocycles. The molecular weight excluding hydrogens is 648 g/mol. The molecule has 4 heterocycles. The van der Waals surface area contributed by atoms with Gasteiger partial charge in [-0.15, -0.1) is 0 Å². The van der Waals surface area contributed by atoms with Gasteiger partial charge < -0.3 is 20.3 Å². The minimum atomic E-state index is -4.02. The average molecular weight is 681 g/mol. The number of halogens is 1. The molecule has 0 spiro atoms. The van der Waals surface area contributed by atoms with Crippen LogP contribution in [0, 0.1) is 6.92 Å². The lowest BCUT2D eigenvalue weighted by Crippen LogP contribution is -2.36. The molecule has 6 aromatic rings. The molecule has 0 atom stereocenters. The van der Waals surface area contributed by atoms with Gasteiger partial charge in [0.1, 0.15) is 0 Å². The summed E-state index contributed by atoms with van der Waals surface area (Å²) in [6.45, 7) is 5.03. The van der Waals surface area contributed by atoms with Crippen LogP contribution in [0.25, 0.3) is 33.1 Å². The van der Waals surface area contributed by atoms with Crippen molar-refractivity contribution in [1.29, 1.82) is 0 Å². The van der Waals surface area contributed by atoms with E-state index >= 15 is 0 Å². The molecule has 2 N–H and O–H groups in total. The van der Waals surface area contributed by atoms with Gasteiger partial charge in [0.25, 0.3) is 15.9 Å². The molecule has 10 nitrogen and oxygen atoms in total. The minimum Gasteiger partial charge on any atom is -0.378 e. The standard InChI is InChI=1S/C36H33ClN6O4S/c1-23-6-9-28(10-7-23)48(45,46)43-22-31(29-18-26(36(44)38-2)20-41-35(29)43)25-8-11-32-30(17-25)34(42-12-14-47-15-13-42)33(21-40-32)39-19-24-4-3-5-27(37)16-24/h3-11,16-18,20-22,39H,12-15,19H2,1-2H3,(H,38,44). The van der Waals surface area contributed by atoms with Crippen LogP contribution in [0.15, 0.2) is 96.3 Å². The van der Waals surface area contributed by atoms with Crippen LogP contribution in [-0.2, 0) is 21.3 Å². The Morgan fingerprint density at radius 2 is 1.75 bits per heavy atom. The molecule has 3 aromatic heterocycles. The summed E-state index contributed by atoms with van der Waals surface area (Å²) in [6.07, 6.45) is 4.83. The van der Waals surface area contributed by atoms with E-state index in [2.05, 4.69) is 20.5 Å². The topological polar surface area (TPSA) is 118 Å². The van der Waals surface area contributed by atoms with Crippen LogP contribution in [0.2, 0.25) is 5.02 Å². The van der Waals surface area contributed by atoms with Gasteiger partial charge >= 0.3 is 0 Å². The summed E-state index contributed by atoms with van der Waals surface area (Å²) in [4.78, 5) is 24.4. The maximum absolute atomic E-state index is 14.0. The first-order chi connectivity index (χ1) is 23.2. The second-order valence-electron chi connectivity index (χ2n) is 11.7. The molecule has 48 heavy (non-hydrogen) atoms. The fraction of sp³-hybridized carbons (Fsp3) is 0.194. The maximum Gasteiger partial charge on any atom is 0.269 e. The zero-order valence-electron chi connectivity index (χ0n) is 26.4. The lowest BCUT2D eigenvalue weighted by atomic mass is 10.0. The molecule has 0 bridgehead atoms. The van der Waals surface area contributed by atoms with Crippen molar-refractivity contribution in [2.75, 3.05) is 43.6 Å². The van der Waals surface area contributed by atoms with Crippen LogP contribution in [0.1, 0.15) is 21.5 Å². The number of fused-ring (bicyclic) bond motifs is 2. The number of carbonyl (C=O) groups is 1. The van der Waals surface area contributed by atoms with Crippen molar-refractivity contribution in [2.24, 2.45) is 0 Å². The third kappa shape index (κ3) is 5.96. The van der Waals surface area contributed by atoms with Gasteiger partial charge in [0.2, 0.25) is 0 Å². The fourth-order valence-electron chi connectivity index (χ4n) is 6.03. The van der Waals surface area contributed by atoms with E-state index < -0.39 is 10.0 Å². The van der Waals surface area contributed by atoms with Gasteiger partial charge in [-0.1, -0.05) is 47.5 Å². The second-order valence-corrected chi connectivity index (χ2v) is 13.9. The Bertz CT molecular complexity index is 2280. The molecule has 0 radical (unpaired) electrons. The normalized spacial score (nSPS) is 13.6. The zero-order valence-corrected chi connectivity index (χ0v) is 28.0. The van der Waals surface area contributed by atoms with Gasteiger partial charge in [-0.2, -0.15) is 0 Å². The number of ether oxygens (including phenoxy) is 1. The molecule has 244 valence electrons. The average Bonchev–Trinajstić information content (AvgIpc) is 3.50. The summed E-state index contributed by atoms with van der Waals surface area (Å²) in [7, 11) is -2.48. The van der Waals surface area contributed by atoms with Gasteiger partial charge in [-0.3, -0.25) is 9.78 Å². The van der Waals surface area contributed by atoms with Crippen LogP contribution >= 0.6 is 11.6 Å². The van der Waals surface area contributed by atoms with Crippen molar-refractivity contribution in [3.63, 3.8) is 0 Å². The van der Waals surface area contributed by atoms with Crippen molar-refractivity contribution in [3.05, 3.63) is 113 Å². The first-order valence-corrected chi connectivity index (χ1v) is 17.3. The van der Waals surface area contributed by atoms with Gasteiger partial charge in [0, 0.05) is 60.4 Å². The van der Waals surface area contributed by atoms with E-state index in [1.807, 2.05) is 55.6 Å². The molecule has 0 aliphatic carbocycles. The van der Waals surface area contributed by atoms with Crippen LogP contribution in [0.3, 0.4) is 0 Å². The molecule has 3 aromatic carbocycles. The summed E-state index contributed by atoms with van der Waals surface area (Å²) in [5, 5.41) is 8.29. The van der Waals surface area contributed by atoms with Crippen LogP contribution in [-0.4, -0.2) is 61.6 Å². The molecule has 1 aliphatic heterocycles. The SMILES string of the molecule is CNC(=O)c1cnc2c(c1)c(-c1ccc3ncc(NCc4cccc(Cl)c4)c(N4CCOCC4)c3c1)cn2S(=O)(=O)c1ccc(C)cc1. The van der Waals surface area contributed by atoms with Gasteiger partial charge in [-0.25, -0.2) is 17.4 Å². The number of aryl methyl sites for hydroxylation is 1. The van der Waals surface area contributed by atoms with Gasteiger partial charge in [0.15, 0.2) is 5.65 Å². The number of nitrogens with one attached hydrogen (secondary N) is 2. The molecule has 1 fully saturated rings. The van der Waals surface area contributed by atoms with Crippen LogP contribution in [0.4, 0.5) is 11.4 Å². The summed E-state index contributed by atoms with van der Waals surface area (Å²) in [5.74, 6) is -0.322. The number of benzene rings is 3. The molecule has 0 saturated carbocycles. The summed E-state index contributed by atoms with van der Waals surface area (Å²) >= 11 is 6.25. The molecule has 1 aliphatic rings. The van der Waals surface area contributed by atoms with Crippen molar-refractivity contribution in [3.8, 4) is 11.1 Å². The summed E-state index contributed by atoms with van der Waals surface area (Å²) in [6, 6.07) is 22.0. The Labute approximate surface area is 283 Å². The number of amides is 1. The summed E-state index contributed by atoms with van der Waals surface area (Å²) in [5.41, 5.74) is 6.52. The van der Waals surface area contributed by atoms with E-state index in [1.54, 1.807) is 43.6 Å². The Hall–Kier alpha value is -4.97. The van der Waals surface area contributed by atoms with Crippen molar-refractivity contribution in [2.45, 2.75) is 18.4 Å². The lowest BCUT2D eigenvalue weighted by molar-refractivity contribution is 0.0963. The van der Waals surface area contributed by atoms with Crippen molar-refractivity contribution in [1.82, 2.24) is 19.3 Å². The van der Waals surface area contributed by atoms with E-state index in [0.717, 1.165) is 39.0 Å². The maximum atomic E-state index is 14.0. The third-order valence-electron chi connectivity index (χ3n) is 8.53. The van der Waals surface area contributed by atoms with Crippen LogP contribution in [0.5, 0.6) is 0 Å². The van der Waals surface area contributed by atoms with E-state index in [0.29, 0.717) is 54.4 Å². The number of morpholine rings is 1. The highest BCUT2D eigenvalue weighted by molar-refractivity contribution is 7.90. The number of pyridine rings is 2. The highest BCUT2D eigenvalue weighted by Crippen LogP contribution is 2.39. The van der Waals surface area contributed by atoms with E-state index in [9.17, 15) is 13.2 Å². The predicted molar refractivity (Wildman–Crippen MR) is 189 cm³/mol. The Morgan fingerprint density at radius 3 is 2.50 bits per heavy atom. The number of carbonyl (C=O) groups excluding carboxylic acids is 1. The number of rotatable bonds is 8. The van der Waals surface area contributed by atoms with E-state index in [4.69, 9.17) is 21.3 Å². The Kier molecular flexibility index (Phi) is 8.50. The molecule has 7 rings (SSSR count). The monoisotopic (exact) mass is 680 g/mol. The zero-order chi connectivity index (χ0) is 33.4. The van der Waals surface area contributed by atoms with Crippen LogP contribution < -0.4 is 15.5 Å². The molecular formula is C36H33ClN6O4S. The first-order valence-electron chi connectivity index (χ1n) is 15.5. The lowest BCUT2D eigenvalue weighted by Gasteiger charge is -2.31. The second kappa shape index (κ2) is 12.9. The quantitative estimate of drug-likeness (QED) is 0.194. The Balaban J connectivity index is 1.41. The number of anilines is 2. The molecule has 0 unspecified atom stereocenters. The first kappa shape index (κ1) is 31.6. The van der Waals surface area contributed by atoms with Crippen molar-refractivity contribution < 1.29 is 17.9 Å².